The molecule has 2 bridgehead atoms. The molecule has 3 aliphatic carbocycles. The topological polar surface area (TPSA) is 107 Å². The fourth-order valence-corrected chi connectivity index (χ4v) is 7.38. The van der Waals surface area contributed by atoms with E-state index >= 15 is 0 Å². The van der Waals surface area contributed by atoms with Gasteiger partial charge in [-0.25, -0.2) is 4.89 Å². The van der Waals surface area contributed by atoms with E-state index in [1.807, 2.05) is 36.4 Å². The molecule has 6 rings (SSSR count). The van der Waals surface area contributed by atoms with Gasteiger partial charge < -0.3 is 25.2 Å². The van der Waals surface area contributed by atoms with Crippen molar-refractivity contribution in [2.24, 2.45) is 11.8 Å². The Balaban J connectivity index is 0.00000147. The standard InChI is InChI=1S/C28H33O8P.2Na.H/c29-37(30,31)34-24-13-6-10-22(19-24)28(33-17-16-32-23-11-2-1-3-12-23)27(35-36-28)21-9-7-15-26(27)25-14-5-4-8-20(25)18-21;;;/h1-3,6,10-13,19,21,26H,4-5,7-9,14-18H2,(H2,29,30,31);;;/q;2*+1;-1/p-1. The molecule has 1 saturated carbocycles. The molecule has 8 nitrogen and oxygen atoms in total. The predicted octanol–water partition coefficient (Wildman–Crippen LogP) is -0.714. The molecule has 2 fully saturated rings. The maximum Gasteiger partial charge on any atom is 1.00 e. The van der Waals surface area contributed by atoms with Crippen LogP contribution < -0.4 is 73.3 Å². The van der Waals surface area contributed by atoms with E-state index in [1.165, 1.54) is 24.5 Å². The second-order valence-corrected chi connectivity index (χ2v) is 11.5. The van der Waals surface area contributed by atoms with Crippen LogP contribution in [0.5, 0.6) is 11.5 Å². The summed E-state index contributed by atoms with van der Waals surface area (Å²) in [6.07, 6.45) is 8.71. The van der Waals surface area contributed by atoms with Crippen LogP contribution >= 0.6 is 7.82 Å². The molecule has 1 saturated heterocycles. The smallest absolute Gasteiger partial charge is 1.00 e. The van der Waals surface area contributed by atoms with Gasteiger partial charge in [0.25, 0.3) is 5.79 Å². The Morgan fingerprint density at radius 2 is 1.74 bits per heavy atom. The molecule has 1 spiro atoms. The van der Waals surface area contributed by atoms with Gasteiger partial charge in [-0.2, -0.15) is 4.89 Å². The third-order valence-electron chi connectivity index (χ3n) is 8.36. The molecule has 39 heavy (non-hydrogen) atoms. The molecule has 0 amide bonds. The molecule has 4 aliphatic rings. The van der Waals surface area contributed by atoms with Crippen LogP contribution in [0, 0.1) is 11.8 Å². The Morgan fingerprint density at radius 1 is 0.974 bits per heavy atom. The van der Waals surface area contributed by atoms with Gasteiger partial charge >= 0.3 is 66.9 Å². The summed E-state index contributed by atoms with van der Waals surface area (Å²) < 4.78 is 28.8. The Hall–Kier alpha value is -0.190. The number of benzene rings is 2. The third kappa shape index (κ3) is 6.01. The van der Waals surface area contributed by atoms with Gasteiger partial charge in [-0.1, -0.05) is 47.9 Å². The minimum Gasteiger partial charge on any atom is -1.00 e. The molecular formula is C28H33Na2O8P. The fourth-order valence-electron chi connectivity index (χ4n) is 7.00. The number of para-hydroxylation sites is 1. The fraction of sp³-hybridized carbons (Fsp3) is 0.500. The quantitative estimate of drug-likeness (QED) is 0.145. The van der Waals surface area contributed by atoms with E-state index in [0.29, 0.717) is 12.2 Å². The van der Waals surface area contributed by atoms with Crippen molar-refractivity contribution in [3.63, 3.8) is 0 Å². The maximum atomic E-state index is 11.5. The first-order valence-corrected chi connectivity index (χ1v) is 14.6. The molecule has 5 atom stereocenters. The number of hydrogen-bond acceptors (Lipinski definition) is 7. The summed E-state index contributed by atoms with van der Waals surface area (Å²) in [5.41, 5.74) is 2.94. The van der Waals surface area contributed by atoms with Crippen LogP contribution in [0.1, 0.15) is 58.4 Å². The number of rotatable bonds is 8. The van der Waals surface area contributed by atoms with E-state index in [1.54, 1.807) is 17.7 Å². The molecule has 11 heteroatoms. The zero-order chi connectivity index (χ0) is 25.5. The third-order valence-corrected chi connectivity index (χ3v) is 8.80. The summed E-state index contributed by atoms with van der Waals surface area (Å²) in [6, 6.07) is 16.1. The van der Waals surface area contributed by atoms with Crippen molar-refractivity contribution >= 4 is 7.82 Å². The normalized spacial score (nSPS) is 30.6. The Kier molecular flexibility index (Phi) is 10.6. The summed E-state index contributed by atoms with van der Waals surface area (Å²) in [5.74, 6) is -0.157. The van der Waals surface area contributed by atoms with Crippen LogP contribution in [-0.2, 0) is 24.9 Å². The van der Waals surface area contributed by atoms with E-state index in [4.69, 9.17) is 23.8 Å². The van der Waals surface area contributed by atoms with Crippen molar-refractivity contribution in [3.05, 3.63) is 71.3 Å². The van der Waals surface area contributed by atoms with Crippen molar-refractivity contribution in [2.45, 2.75) is 62.8 Å². The number of ether oxygens (including phenoxy) is 2. The molecule has 1 N–H and O–H groups in total. The van der Waals surface area contributed by atoms with Crippen LogP contribution in [0.15, 0.2) is 65.7 Å². The zero-order valence-electron chi connectivity index (χ0n) is 23.7. The monoisotopic (exact) mass is 574 g/mol. The first-order valence-electron chi connectivity index (χ1n) is 13.1. The first-order chi connectivity index (χ1) is 17.9. The van der Waals surface area contributed by atoms with Gasteiger partial charge in [-0.15, -0.1) is 0 Å². The molecule has 2 aromatic carbocycles. The van der Waals surface area contributed by atoms with E-state index in [0.717, 1.165) is 44.3 Å². The predicted molar refractivity (Wildman–Crippen MR) is 133 cm³/mol. The van der Waals surface area contributed by atoms with Crippen molar-refractivity contribution in [1.82, 2.24) is 0 Å². The molecule has 2 aromatic rings. The average molecular weight is 575 g/mol. The molecular weight excluding hydrogens is 541 g/mol. The summed E-state index contributed by atoms with van der Waals surface area (Å²) in [7, 11) is -4.98. The average Bonchev–Trinajstić information content (AvgIpc) is 2.87. The van der Waals surface area contributed by atoms with Crippen molar-refractivity contribution < 1.29 is 98.7 Å². The number of hydrogen-bond donors (Lipinski definition) is 1. The molecule has 1 aliphatic heterocycles. The summed E-state index contributed by atoms with van der Waals surface area (Å²) in [6.45, 7) is 0.535. The summed E-state index contributed by atoms with van der Waals surface area (Å²) in [4.78, 5) is 32.9. The molecule has 200 valence electrons. The van der Waals surface area contributed by atoms with E-state index in [-0.39, 0.29) is 84.7 Å². The van der Waals surface area contributed by atoms with Gasteiger partial charge in [0.2, 0.25) is 0 Å². The molecule has 0 aromatic heterocycles. The van der Waals surface area contributed by atoms with E-state index in [9.17, 15) is 14.4 Å². The van der Waals surface area contributed by atoms with Crippen molar-refractivity contribution in [2.75, 3.05) is 13.2 Å². The Bertz CT molecular complexity index is 1230. The molecule has 5 unspecified atom stereocenters. The van der Waals surface area contributed by atoms with Crippen molar-refractivity contribution in [1.29, 1.82) is 0 Å². The Morgan fingerprint density at radius 3 is 2.49 bits per heavy atom. The van der Waals surface area contributed by atoms with Gasteiger partial charge in [0.05, 0.1) is 6.61 Å². The van der Waals surface area contributed by atoms with Crippen molar-refractivity contribution in [3.8, 4) is 11.5 Å². The van der Waals surface area contributed by atoms with E-state index in [2.05, 4.69) is 0 Å². The second-order valence-electron chi connectivity index (χ2n) is 10.4. The van der Waals surface area contributed by atoms with Gasteiger partial charge in [-0.3, -0.25) is 4.57 Å². The zero-order valence-corrected chi connectivity index (χ0v) is 27.6. The van der Waals surface area contributed by atoms with Gasteiger partial charge in [-0.05, 0) is 69.2 Å². The minimum atomic E-state index is -4.98. The number of allylic oxidation sites excluding steroid dienone is 1. The van der Waals surface area contributed by atoms with Gasteiger partial charge in [0, 0.05) is 17.4 Å². The maximum absolute atomic E-state index is 11.5. The van der Waals surface area contributed by atoms with Crippen LogP contribution in [0.4, 0.5) is 0 Å². The van der Waals surface area contributed by atoms with Crippen LogP contribution in [-0.4, -0.2) is 23.7 Å². The SMILES string of the molecule is O=P([O-])(O)Oc1cccc(C2(OCCOc3ccccc3)OOC23C2CCCC3C3=C(CCCC3)C2)c1.[H-].[Na+].[Na+]. The summed E-state index contributed by atoms with van der Waals surface area (Å²) >= 11 is 0. The van der Waals surface area contributed by atoms with Gasteiger partial charge in [0.1, 0.15) is 18.1 Å². The largest absolute Gasteiger partial charge is 1.00 e. The molecule has 1 heterocycles. The Labute approximate surface area is 275 Å². The number of phosphoric ester groups is 1. The summed E-state index contributed by atoms with van der Waals surface area (Å²) in [5, 5.41) is 0. The molecule has 0 radical (unpaired) electrons. The first kappa shape index (κ1) is 31.7. The van der Waals surface area contributed by atoms with Crippen LogP contribution in [0.3, 0.4) is 0 Å². The van der Waals surface area contributed by atoms with Crippen LogP contribution in [0.25, 0.3) is 0 Å². The number of fused-ring (bicyclic) bond motifs is 1. The van der Waals surface area contributed by atoms with E-state index < -0.39 is 19.2 Å². The van der Waals surface area contributed by atoms with Crippen LogP contribution in [0.2, 0.25) is 0 Å². The number of phosphoric acid groups is 1. The second kappa shape index (κ2) is 13.0. The van der Waals surface area contributed by atoms with Gasteiger partial charge in [0.15, 0.2) is 5.60 Å². The minimum absolute atomic E-state index is 0.